The highest BCUT2D eigenvalue weighted by Gasteiger charge is 2.28. The van der Waals surface area contributed by atoms with Gasteiger partial charge in [-0.15, -0.1) is 11.3 Å². The molecule has 1 aromatic heterocycles. The quantitative estimate of drug-likeness (QED) is 0.887. The molecule has 0 bridgehead atoms. The lowest BCUT2D eigenvalue weighted by molar-refractivity contribution is -0.0414. The molecule has 1 atom stereocenters. The van der Waals surface area contributed by atoms with Crippen LogP contribution >= 0.6 is 11.3 Å². The molecule has 96 valence electrons. The lowest BCUT2D eigenvalue weighted by atomic mass is 9.76. The topological polar surface area (TPSA) is 35.2 Å². The second kappa shape index (κ2) is 5.51. The fourth-order valence-corrected chi connectivity index (χ4v) is 3.23. The predicted molar refractivity (Wildman–Crippen MR) is 73.2 cm³/mol. The van der Waals surface area contributed by atoms with Crippen molar-refractivity contribution in [3.05, 3.63) is 22.4 Å². The summed E-state index contributed by atoms with van der Waals surface area (Å²) in [5.74, 6) is 0. The maximum absolute atomic E-state index is 6.16. The second-order valence-electron chi connectivity index (χ2n) is 5.74. The Morgan fingerprint density at radius 2 is 2.18 bits per heavy atom. The third-order valence-corrected chi connectivity index (χ3v) is 4.68. The van der Waals surface area contributed by atoms with Crippen LogP contribution < -0.4 is 5.73 Å². The van der Waals surface area contributed by atoms with Gasteiger partial charge in [-0.2, -0.15) is 0 Å². The van der Waals surface area contributed by atoms with Crippen molar-refractivity contribution in [1.29, 1.82) is 0 Å². The molecule has 1 saturated carbocycles. The highest BCUT2D eigenvalue weighted by molar-refractivity contribution is 7.10. The van der Waals surface area contributed by atoms with Crippen LogP contribution in [0.25, 0.3) is 0 Å². The third kappa shape index (κ3) is 3.54. The molecule has 3 heteroatoms. The molecule has 2 rings (SSSR count). The van der Waals surface area contributed by atoms with E-state index in [4.69, 9.17) is 10.5 Å². The van der Waals surface area contributed by atoms with E-state index in [-0.39, 0.29) is 6.10 Å². The molecule has 0 saturated heterocycles. The summed E-state index contributed by atoms with van der Waals surface area (Å²) in [5.41, 5.74) is 6.32. The lowest BCUT2D eigenvalue weighted by Gasteiger charge is -2.35. The summed E-state index contributed by atoms with van der Waals surface area (Å²) in [7, 11) is 0. The molecule has 0 radical (unpaired) electrons. The Hall–Kier alpha value is -0.380. The average Bonchev–Trinajstić information content (AvgIpc) is 2.81. The molecule has 0 spiro atoms. The van der Waals surface area contributed by atoms with Crippen LogP contribution in [0.3, 0.4) is 0 Å². The number of hydrogen-bond acceptors (Lipinski definition) is 3. The second-order valence-corrected chi connectivity index (χ2v) is 6.72. The van der Waals surface area contributed by atoms with E-state index in [2.05, 4.69) is 31.4 Å². The highest BCUT2D eigenvalue weighted by atomic mass is 32.1. The molecular formula is C14H23NOS. The Morgan fingerprint density at radius 1 is 1.47 bits per heavy atom. The smallest absolute Gasteiger partial charge is 0.104 e. The van der Waals surface area contributed by atoms with Gasteiger partial charge in [-0.1, -0.05) is 19.9 Å². The van der Waals surface area contributed by atoms with Gasteiger partial charge >= 0.3 is 0 Å². The summed E-state index contributed by atoms with van der Waals surface area (Å²) < 4.78 is 6.16. The minimum Gasteiger partial charge on any atom is -0.368 e. The van der Waals surface area contributed by atoms with Gasteiger partial charge in [0, 0.05) is 11.4 Å². The minimum atomic E-state index is 0.0983. The van der Waals surface area contributed by atoms with Crippen molar-refractivity contribution < 1.29 is 4.74 Å². The molecule has 1 aromatic rings. The Labute approximate surface area is 108 Å². The van der Waals surface area contributed by atoms with Gasteiger partial charge in [-0.25, -0.2) is 0 Å². The number of nitrogens with two attached hydrogens (primary N) is 1. The molecular weight excluding hydrogens is 230 g/mol. The van der Waals surface area contributed by atoms with E-state index >= 15 is 0 Å². The molecule has 1 unspecified atom stereocenters. The van der Waals surface area contributed by atoms with E-state index < -0.39 is 0 Å². The SMILES string of the molecule is CC1(C)CCC(OC(CN)c2cccs2)CC1. The molecule has 1 heterocycles. The van der Waals surface area contributed by atoms with Gasteiger partial charge in [0.15, 0.2) is 0 Å². The Balaban J connectivity index is 1.88. The van der Waals surface area contributed by atoms with Gasteiger partial charge in [-0.3, -0.25) is 0 Å². The van der Waals surface area contributed by atoms with Crippen molar-refractivity contribution in [2.45, 2.75) is 51.7 Å². The predicted octanol–water partition coefficient (Wildman–Crippen LogP) is 3.73. The first-order chi connectivity index (χ1) is 8.11. The van der Waals surface area contributed by atoms with Crippen LogP contribution in [0.2, 0.25) is 0 Å². The molecule has 0 amide bonds. The lowest BCUT2D eigenvalue weighted by Crippen LogP contribution is -2.29. The van der Waals surface area contributed by atoms with E-state index in [9.17, 15) is 0 Å². The molecule has 1 aliphatic rings. The third-order valence-electron chi connectivity index (χ3n) is 3.72. The molecule has 1 aliphatic carbocycles. The van der Waals surface area contributed by atoms with E-state index in [1.807, 2.05) is 0 Å². The van der Waals surface area contributed by atoms with Crippen molar-refractivity contribution >= 4 is 11.3 Å². The van der Waals surface area contributed by atoms with Crippen molar-refractivity contribution in [2.24, 2.45) is 11.1 Å². The molecule has 17 heavy (non-hydrogen) atoms. The zero-order chi connectivity index (χ0) is 12.3. The summed E-state index contributed by atoms with van der Waals surface area (Å²) in [6.07, 6.45) is 5.38. The summed E-state index contributed by atoms with van der Waals surface area (Å²) >= 11 is 1.74. The largest absolute Gasteiger partial charge is 0.368 e. The highest BCUT2D eigenvalue weighted by Crippen LogP contribution is 2.38. The van der Waals surface area contributed by atoms with Crippen LogP contribution in [-0.2, 0) is 4.74 Å². The number of rotatable bonds is 4. The standard InChI is InChI=1S/C14H23NOS/c1-14(2)7-5-11(6-8-14)16-12(10-15)13-4-3-9-17-13/h3-4,9,11-12H,5-8,10,15H2,1-2H3. The van der Waals surface area contributed by atoms with Crippen LogP contribution in [0.4, 0.5) is 0 Å². The van der Waals surface area contributed by atoms with Gasteiger partial charge in [0.2, 0.25) is 0 Å². The van der Waals surface area contributed by atoms with Gasteiger partial charge < -0.3 is 10.5 Å². The summed E-state index contributed by atoms with van der Waals surface area (Å²) in [5, 5.41) is 2.09. The molecule has 1 fully saturated rings. The summed E-state index contributed by atoms with van der Waals surface area (Å²) in [4.78, 5) is 1.26. The fourth-order valence-electron chi connectivity index (χ4n) is 2.45. The zero-order valence-corrected chi connectivity index (χ0v) is 11.6. The van der Waals surface area contributed by atoms with Gasteiger partial charge in [0.1, 0.15) is 6.10 Å². The van der Waals surface area contributed by atoms with Crippen molar-refractivity contribution in [2.75, 3.05) is 6.54 Å². The van der Waals surface area contributed by atoms with E-state index in [1.54, 1.807) is 11.3 Å². The van der Waals surface area contributed by atoms with Crippen molar-refractivity contribution in [3.8, 4) is 0 Å². The maximum Gasteiger partial charge on any atom is 0.104 e. The minimum absolute atomic E-state index is 0.0983. The first kappa shape index (κ1) is 13.1. The average molecular weight is 253 g/mol. The first-order valence-corrected chi connectivity index (χ1v) is 7.38. The van der Waals surface area contributed by atoms with Crippen LogP contribution in [0.5, 0.6) is 0 Å². The van der Waals surface area contributed by atoms with Gasteiger partial charge in [0.05, 0.1) is 6.10 Å². The molecule has 2 nitrogen and oxygen atoms in total. The first-order valence-electron chi connectivity index (χ1n) is 6.50. The summed E-state index contributed by atoms with van der Waals surface area (Å²) in [6.45, 7) is 5.28. The van der Waals surface area contributed by atoms with Crippen LogP contribution in [-0.4, -0.2) is 12.6 Å². The van der Waals surface area contributed by atoms with Gasteiger partial charge in [0.25, 0.3) is 0 Å². The van der Waals surface area contributed by atoms with Gasteiger partial charge in [-0.05, 0) is 42.5 Å². The van der Waals surface area contributed by atoms with Crippen molar-refractivity contribution in [3.63, 3.8) is 0 Å². The van der Waals surface area contributed by atoms with E-state index in [1.165, 1.54) is 30.6 Å². The number of hydrogen-bond donors (Lipinski definition) is 1. The number of thiophene rings is 1. The summed E-state index contributed by atoms with van der Waals surface area (Å²) in [6, 6.07) is 4.19. The fraction of sp³-hybridized carbons (Fsp3) is 0.714. The Bertz CT molecular complexity index is 324. The Kier molecular flexibility index (Phi) is 4.23. The zero-order valence-electron chi connectivity index (χ0n) is 10.8. The molecule has 0 aromatic carbocycles. The van der Waals surface area contributed by atoms with Crippen LogP contribution in [0, 0.1) is 5.41 Å². The van der Waals surface area contributed by atoms with E-state index in [0.29, 0.717) is 18.1 Å². The van der Waals surface area contributed by atoms with Crippen molar-refractivity contribution in [1.82, 2.24) is 0 Å². The molecule has 2 N–H and O–H groups in total. The van der Waals surface area contributed by atoms with Crippen LogP contribution in [0.15, 0.2) is 17.5 Å². The monoisotopic (exact) mass is 253 g/mol. The maximum atomic E-state index is 6.16. The van der Waals surface area contributed by atoms with E-state index in [0.717, 1.165) is 0 Å². The number of ether oxygens (including phenoxy) is 1. The Morgan fingerprint density at radius 3 is 2.71 bits per heavy atom. The molecule has 0 aliphatic heterocycles. The van der Waals surface area contributed by atoms with Crippen LogP contribution in [0.1, 0.15) is 50.5 Å². The normalized spacial score (nSPS) is 22.5.